The third kappa shape index (κ3) is 18.0. The first-order chi connectivity index (χ1) is 17.2. The van der Waals surface area contributed by atoms with Gasteiger partial charge in [0.05, 0.1) is 29.0 Å². The summed E-state index contributed by atoms with van der Waals surface area (Å²) in [4.78, 5) is 0. The zero-order valence-corrected chi connectivity index (χ0v) is 24.7. The third-order valence-corrected chi connectivity index (χ3v) is 4.37. The first kappa shape index (κ1) is 36.9. The van der Waals surface area contributed by atoms with Crippen LogP contribution in [0.4, 0.5) is 0 Å². The summed E-state index contributed by atoms with van der Waals surface area (Å²) in [5.41, 5.74) is 2.60. The highest BCUT2D eigenvalue weighted by Gasteiger charge is 2.05. The Morgan fingerprint density at radius 2 is 1.16 bits per heavy atom. The number of nitrogens with zero attached hydrogens (tertiary/aromatic N) is 6. The Hall–Kier alpha value is -3.27. The normalized spacial score (nSPS) is 10.6. The van der Waals surface area contributed by atoms with Gasteiger partial charge in [0.25, 0.3) is 0 Å². The van der Waals surface area contributed by atoms with Gasteiger partial charge < -0.3 is 54.1 Å². The van der Waals surface area contributed by atoms with Gasteiger partial charge in [-0.1, -0.05) is 15.5 Å². The van der Waals surface area contributed by atoms with Gasteiger partial charge in [0.15, 0.2) is 44.1 Å². The minimum Gasteiger partial charge on any atom is -1.00 e. The zero-order chi connectivity index (χ0) is 26.8. The molecular weight excluding hydrogens is 648 g/mol. The number of halogens is 2. The van der Waals surface area contributed by atoms with Crippen LogP contribution < -0.4 is 47.7 Å². The van der Waals surface area contributed by atoms with Gasteiger partial charge >= 0.3 is 0 Å². The van der Waals surface area contributed by atoms with E-state index in [0.29, 0.717) is 6.26 Å². The van der Waals surface area contributed by atoms with Crippen molar-refractivity contribution in [3.63, 3.8) is 0 Å². The molecule has 0 amide bonds. The minimum absolute atomic E-state index is 0. The third-order valence-electron chi connectivity index (χ3n) is 4.37. The number of pyridine rings is 3. The first-order valence-corrected chi connectivity index (χ1v) is 12.3. The van der Waals surface area contributed by atoms with Gasteiger partial charge in [-0.05, 0) is 6.07 Å². The standard InChI is InChI=1S/C15H16N4O2.C7H8N2O.CH4O3S.2BrH/c20-16-12-14-2-8-18(9-3-14)6-1-7-19-10-4-15(5-11-19)13-17-21;1-9-5-3-2-4-7(9)6-8-10;1-5(2,3)4;;/h2-5,8-13H,1,6-7H2;2-6H,1H3;1H3,(H,2,3,4);2*1H. The molecule has 3 aromatic heterocycles. The summed E-state index contributed by atoms with van der Waals surface area (Å²) in [5.74, 6) is 0. The summed E-state index contributed by atoms with van der Waals surface area (Å²) in [6.45, 7) is 1.81. The van der Waals surface area contributed by atoms with Crippen molar-refractivity contribution >= 4 is 28.8 Å². The monoisotopic (exact) mass is 676 g/mol. The van der Waals surface area contributed by atoms with E-state index in [1.807, 2.05) is 85.1 Å². The molecule has 3 N–H and O–H groups in total. The largest absolute Gasteiger partial charge is 1.00 e. The minimum atomic E-state index is -3.92. The van der Waals surface area contributed by atoms with Crippen LogP contribution in [0.15, 0.2) is 88.9 Å². The van der Waals surface area contributed by atoms with Gasteiger partial charge in [0.1, 0.15) is 13.3 Å². The molecule has 208 valence electrons. The van der Waals surface area contributed by atoms with Gasteiger partial charge in [0, 0.05) is 53.8 Å². The van der Waals surface area contributed by atoms with E-state index in [2.05, 4.69) is 24.6 Å². The zero-order valence-electron chi connectivity index (χ0n) is 20.7. The summed E-state index contributed by atoms with van der Waals surface area (Å²) < 4.78 is 33.3. The second-order valence-electron chi connectivity index (χ2n) is 7.27. The molecule has 0 fully saturated rings. The maximum atomic E-state index is 9.08. The quantitative estimate of drug-likeness (QED) is 0.0742. The van der Waals surface area contributed by atoms with Crippen molar-refractivity contribution in [1.29, 1.82) is 0 Å². The van der Waals surface area contributed by atoms with Crippen LogP contribution in [0.3, 0.4) is 0 Å². The SMILES string of the molecule is CS(=O)(=O)[O-].C[n+]1ccccc1/C=N\O.O/N=C\c1cc[n+](CCC[n+]2ccc(/C=N\O)cc2)cc1.[Br-].[Br-]. The number of hydrogen-bond acceptors (Lipinski definition) is 9. The molecule has 0 aliphatic rings. The molecule has 0 spiro atoms. The van der Waals surface area contributed by atoms with Crippen LogP contribution >= 0.6 is 0 Å². The first-order valence-electron chi connectivity index (χ1n) is 10.5. The fourth-order valence-corrected chi connectivity index (χ4v) is 2.71. The van der Waals surface area contributed by atoms with E-state index in [0.717, 1.165) is 36.3 Å². The lowest BCUT2D eigenvalue weighted by Gasteiger charge is -1.97. The van der Waals surface area contributed by atoms with Gasteiger partial charge in [-0.25, -0.2) is 22.1 Å². The van der Waals surface area contributed by atoms with Crippen LogP contribution in [-0.2, 0) is 30.3 Å². The van der Waals surface area contributed by atoms with Crippen LogP contribution in [0, 0.1) is 0 Å². The molecule has 38 heavy (non-hydrogen) atoms. The predicted octanol–water partition coefficient (Wildman–Crippen LogP) is -5.54. The van der Waals surface area contributed by atoms with E-state index in [1.54, 1.807) is 0 Å². The Kier molecular flexibility index (Phi) is 20.1. The molecule has 0 unspecified atom stereocenters. The summed E-state index contributed by atoms with van der Waals surface area (Å²) in [6.07, 6.45) is 15.5. The van der Waals surface area contributed by atoms with Gasteiger partial charge in [-0.15, -0.1) is 0 Å². The number of aryl methyl sites for hydroxylation is 3. The van der Waals surface area contributed by atoms with Crippen LogP contribution in [0.2, 0.25) is 0 Å². The molecule has 0 aliphatic heterocycles. The molecule has 12 nitrogen and oxygen atoms in total. The van der Waals surface area contributed by atoms with E-state index in [1.165, 1.54) is 18.6 Å². The molecule has 0 saturated heterocycles. The molecule has 3 rings (SSSR count). The molecule has 3 heterocycles. The average molecular weight is 678 g/mol. The fraction of sp³-hybridized carbons (Fsp3) is 0.217. The maximum Gasteiger partial charge on any atom is 0.226 e. The van der Waals surface area contributed by atoms with Gasteiger partial charge in [-0.2, -0.15) is 0 Å². The molecule has 0 aromatic carbocycles. The number of rotatable bonds is 7. The summed E-state index contributed by atoms with van der Waals surface area (Å²) in [5, 5.41) is 34.0. The van der Waals surface area contributed by atoms with Crippen LogP contribution in [0.5, 0.6) is 0 Å². The second kappa shape index (κ2) is 20.7. The second-order valence-corrected chi connectivity index (χ2v) is 8.67. The Bertz CT molecular complexity index is 1180. The van der Waals surface area contributed by atoms with Crippen LogP contribution in [0.25, 0.3) is 0 Å². The summed E-state index contributed by atoms with van der Waals surface area (Å²) in [6, 6.07) is 13.3. The van der Waals surface area contributed by atoms with E-state index in [9.17, 15) is 0 Å². The Balaban J connectivity index is 0. The lowest BCUT2D eigenvalue weighted by molar-refractivity contribution is -0.726. The number of hydrogen-bond donors (Lipinski definition) is 3. The smallest absolute Gasteiger partial charge is 0.226 e. The van der Waals surface area contributed by atoms with Crippen LogP contribution in [-0.4, -0.2) is 53.5 Å². The van der Waals surface area contributed by atoms with Crippen molar-refractivity contribution in [3.05, 3.63) is 90.3 Å². The summed E-state index contributed by atoms with van der Waals surface area (Å²) >= 11 is 0. The maximum absolute atomic E-state index is 9.08. The van der Waals surface area contributed by atoms with Gasteiger partial charge in [-0.3, -0.25) is 0 Å². The van der Waals surface area contributed by atoms with Crippen molar-refractivity contribution in [2.24, 2.45) is 22.5 Å². The fourth-order valence-electron chi connectivity index (χ4n) is 2.71. The van der Waals surface area contributed by atoms with Crippen molar-refractivity contribution in [2.75, 3.05) is 6.26 Å². The number of oxime groups is 3. The van der Waals surface area contributed by atoms with Crippen molar-refractivity contribution in [3.8, 4) is 0 Å². The highest BCUT2D eigenvalue weighted by Crippen LogP contribution is 1.93. The van der Waals surface area contributed by atoms with E-state index < -0.39 is 10.1 Å². The van der Waals surface area contributed by atoms with Crippen molar-refractivity contribution < 1.29 is 76.3 Å². The van der Waals surface area contributed by atoms with E-state index in [-0.39, 0.29) is 34.0 Å². The molecule has 15 heteroatoms. The van der Waals surface area contributed by atoms with E-state index in [4.69, 9.17) is 28.6 Å². The summed E-state index contributed by atoms with van der Waals surface area (Å²) in [7, 11) is -2.03. The van der Waals surface area contributed by atoms with Crippen molar-refractivity contribution in [1.82, 2.24) is 0 Å². The predicted molar refractivity (Wildman–Crippen MR) is 129 cm³/mol. The van der Waals surface area contributed by atoms with E-state index >= 15 is 0 Å². The molecule has 0 atom stereocenters. The molecular formula is C23H30Br2N6O6S. The highest BCUT2D eigenvalue weighted by molar-refractivity contribution is 7.84. The topological polar surface area (TPSA) is 167 Å². The average Bonchev–Trinajstić information content (AvgIpc) is 2.83. The molecule has 0 bridgehead atoms. The number of aromatic nitrogens is 3. The van der Waals surface area contributed by atoms with Crippen molar-refractivity contribution in [2.45, 2.75) is 19.5 Å². The molecule has 0 radical (unpaired) electrons. The molecule has 0 aliphatic carbocycles. The van der Waals surface area contributed by atoms with Gasteiger partial charge in [0.2, 0.25) is 5.69 Å². The Morgan fingerprint density at radius 3 is 1.50 bits per heavy atom. The highest BCUT2D eigenvalue weighted by atomic mass is 79.9. The Morgan fingerprint density at radius 1 is 0.763 bits per heavy atom. The Labute approximate surface area is 242 Å². The molecule has 0 saturated carbocycles. The lowest BCUT2D eigenvalue weighted by Crippen LogP contribution is -3.00. The lowest BCUT2D eigenvalue weighted by atomic mass is 10.3. The molecule has 3 aromatic rings. The van der Waals surface area contributed by atoms with Crippen LogP contribution in [0.1, 0.15) is 23.2 Å².